The summed E-state index contributed by atoms with van der Waals surface area (Å²) in [4.78, 5) is 1.23. The van der Waals surface area contributed by atoms with Crippen molar-refractivity contribution in [1.29, 1.82) is 0 Å². The minimum absolute atomic E-state index is 0.267. The van der Waals surface area contributed by atoms with Gasteiger partial charge < -0.3 is 10.4 Å². The minimum Gasteiger partial charge on any atom is -0.507 e. The first-order valence-corrected chi connectivity index (χ1v) is 7.57. The average molecular weight is 324 g/mol. The second-order valence-corrected chi connectivity index (χ2v) is 5.54. The van der Waals surface area contributed by atoms with E-state index in [1.54, 1.807) is 17.8 Å². The lowest BCUT2D eigenvalue weighted by molar-refractivity contribution is 0.471. The van der Waals surface area contributed by atoms with Crippen molar-refractivity contribution in [1.82, 2.24) is 0 Å². The van der Waals surface area contributed by atoms with Gasteiger partial charge in [-0.2, -0.15) is 0 Å². The maximum Gasteiger partial charge on any atom is 0.129 e. The highest BCUT2D eigenvalue weighted by molar-refractivity contribution is 9.10. The van der Waals surface area contributed by atoms with Gasteiger partial charge in [0.05, 0.1) is 4.47 Å². The lowest BCUT2D eigenvalue weighted by atomic mass is 10.2. The number of anilines is 1. The predicted molar refractivity (Wildman–Crippen MR) is 81.4 cm³/mol. The molecule has 2 rings (SSSR count). The van der Waals surface area contributed by atoms with Crippen LogP contribution in [0.3, 0.4) is 0 Å². The average Bonchev–Trinajstić information content (AvgIpc) is 2.40. The van der Waals surface area contributed by atoms with Gasteiger partial charge in [0.1, 0.15) is 5.75 Å². The van der Waals surface area contributed by atoms with Crippen LogP contribution in [0.2, 0.25) is 0 Å². The van der Waals surface area contributed by atoms with Gasteiger partial charge in [-0.05, 0) is 52.0 Å². The molecule has 0 atom stereocenters. The Morgan fingerprint density at radius 3 is 2.72 bits per heavy atom. The first-order chi connectivity index (χ1) is 8.70. The Kier molecular flexibility index (Phi) is 4.55. The summed E-state index contributed by atoms with van der Waals surface area (Å²) in [6.07, 6.45) is 2.07. The third-order valence-electron chi connectivity index (χ3n) is 2.60. The number of benzene rings is 2. The van der Waals surface area contributed by atoms with Crippen LogP contribution in [0.25, 0.3) is 0 Å². The van der Waals surface area contributed by atoms with E-state index in [0.717, 1.165) is 22.3 Å². The van der Waals surface area contributed by atoms with Gasteiger partial charge in [0.15, 0.2) is 0 Å². The van der Waals surface area contributed by atoms with Crippen LogP contribution in [-0.4, -0.2) is 11.4 Å². The number of rotatable bonds is 4. The van der Waals surface area contributed by atoms with E-state index >= 15 is 0 Å². The minimum atomic E-state index is 0.267. The van der Waals surface area contributed by atoms with Crippen molar-refractivity contribution in [2.45, 2.75) is 11.4 Å². The highest BCUT2D eigenvalue weighted by Crippen LogP contribution is 2.27. The van der Waals surface area contributed by atoms with Gasteiger partial charge in [-0.3, -0.25) is 0 Å². The molecule has 0 amide bonds. The molecule has 94 valence electrons. The Labute approximate surface area is 120 Å². The molecule has 2 nitrogen and oxygen atoms in total. The SMILES string of the molecule is CSc1ccccc1NCc1ccc(O)c(Br)c1. The summed E-state index contributed by atoms with van der Waals surface area (Å²) in [6.45, 7) is 0.733. The molecule has 2 aromatic rings. The number of hydrogen-bond donors (Lipinski definition) is 2. The molecule has 0 saturated heterocycles. The molecule has 0 aliphatic heterocycles. The predicted octanol–water partition coefficient (Wildman–Crippen LogP) is 4.49. The number of nitrogens with one attached hydrogen (secondary N) is 1. The fraction of sp³-hybridized carbons (Fsp3) is 0.143. The maximum atomic E-state index is 9.44. The Balaban J connectivity index is 2.09. The molecule has 0 aliphatic rings. The molecule has 0 saturated carbocycles. The molecule has 2 N–H and O–H groups in total. The van der Waals surface area contributed by atoms with Gasteiger partial charge in [0, 0.05) is 17.1 Å². The molecular formula is C14H14BrNOS. The van der Waals surface area contributed by atoms with Crippen LogP contribution in [0.5, 0.6) is 5.75 Å². The summed E-state index contributed by atoms with van der Waals surface area (Å²) in [7, 11) is 0. The zero-order chi connectivity index (χ0) is 13.0. The van der Waals surface area contributed by atoms with Crippen molar-refractivity contribution in [2.75, 3.05) is 11.6 Å². The van der Waals surface area contributed by atoms with Crippen LogP contribution >= 0.6 is 27.7 Å². The largest absolute Gasteiger partial charge is 0.507 e. The van der Waals surface area contributed by atoms with Crippen LogP contribution in [0.4, 0.5) is 5.69 Å². The fourth-order valence-corrected chi connectivity index (χ4v) is 2.65. The zero-order valence-electron chi connectivity index (χ0n) is 9.98. The van der Waals surface area contributed by atoms with Crippen molar-refractivity contribution in [3.63, 3.8) is 0 Å². The first-order valence-electron chi connectivity index (χ1n) is 5.55. The van der Waals surface area contributed by atoms with E-state index in [1.807, 2.05) is 24.3 Å². The topological polar surface area (TPSA) is 32.3 Å². The standard InChI is InChI=1S/C14H14BrNOS/c1-18-14-5-3-2-4-12(14)16-9-10-6-7-13(17)11(15)8-10/h2-8,16-17H,9H2,1H3. The quantitative estimate of drug-likeness (QED) is 0.813. The first kappa shape index (κ1) is 13.3. The Morgan fingerprint density at radius 2 is 2.00 bits per heavy atom. The van der Waals surface area contributed by atoms with E-state index in [-0.39, 0.29) is 5.75 Å². The van der Waals surface area contributed by atoms with Crippen molar-refractivity contribution >= 4 is 33.4 Å². The monoisotopic (exact) mass is 323 g/mol. The van der Waals surface area contributed by atoms with Gasteiger partial charge in [-0.15, -0.1) is 11.8 Å². The number of halogens is 1. The van der Waals surface area contributed by atoms with Gasteiger partial charge in [0.2, 0.25) is 0 Å². The molecule has 0 aromatic heterocycles. The van der Waals surface area contributed by atoms with E-state index in [1.165, 1.54) is 4.90 Å². The molecule has 0 spiro atoms. The van der Waals surface area contributed by atoms with E-state index < -0.39 is 0 Å². The van der Waals surface area contributed by atoms with Crippen molar-refractivity contribution in [3.8, 4) is 5.75 Å². The molecule has 0 fully saturated rings. The number of hydrogen-bond acceptors (Lipinski definition) is 3. The summed E-state index contributed by atoms with van der Waals surface area (Å²) in [5, 5.41) is 12.8. The Bertz CT molecular complexity index is 545. The summed E-state index contributed by atoms with van der Waals surface area (Å²) in [6, 6.07) is 13.8. The molecule has 0 heterocycles. The molecular weight excluding hydrogens is 310 g/mol. The van der Waals surface area contributed by atoms with E-state index in [0.29, 0.717) is 0 Å². The molecule has 18 heavy (non-hydrogen) atoms. The summed E-state index contributed by atoms with van der Waals surface area (Å²) >= 11 is 5.04. The summed E-state index contributed by atoms with van der Waals surface area (Å²) in [5.74, 6) is 0.267. The van der Waals surface area contributed by atoms with Crippen LogP contribution < -0.4 is 5.32 Å². The summed E-state index contributed by atoms with van der Waals surface area (Å²) in [5.41, 5.74) is 2.25. The number of aromatic hydroxyl groups is 1. The highest BCUT2D eigenvalue weighted by atomic mass is 79.9. The van der Waals surface area contributed by atoms with Gasteiger partial charge in [0.25, 0.3) is 0 Å². The van der Waals surface area contributed by atoms with Crippen LogP contribution in [0.1, 0.15) is 5.56 Å². The van der Waals surface area contributed by atoms with Gasteiger partial charge in [-0.25, -0.2) is 0 Å². The van der Waals surface area contributed by atoms with Crippen molar-refractivity contribution in [3.05, 3.63) is 52.5 Å². The molecule has 0 radical (unpaired) electrons. The summed E-state index contributed by atoms with van der Waals surface area (Å²) < 4.78 is 0.722. The van der Waals surface area contributed by atoms with Gasteiger partial charge in [-0.1, -0.05) is 18.2 Å². The molecule has 0 unspecified atom stereocenters. The van der Waals surface area contributed by atoms with E-state index in [9.17, 15) is 5.11 Å². The molecule has 2 aromatic carbocycles. The maximum absolute atomic E-state index is 9.44. The third-order valence-corrected chi connectivity index (χ3v) is 4.03. The van der Waals surface area contributed by atoms with Crippen LogP contribution in [-0.2, 0) is 6.54 Å². The van der Waals surface area contributed by atoms with E-state index in [4.69, 9.17) is 0 Å². The molecule has 0 aliphatic carbocycles. The third kappa shape index (κ3) is 3.21. The number of para-hydroxylation sites is 1. The zero-order valence-corrected chi connectivity index (χ0v) is 12.4. The van der Waals surface area contributed by atoms with E-state index in [2.05, 4.69) is 39.6 Å². The lowest BCUT2D eigenvalue weighted by Crippen LogP contribution is -2.00. The van der Waals surface area contributed by atoms with Crippen LogP contribution in [0.15, 0.2) is 51.8 Å². The smallest absolute Gasteiger partial charge is 0.129 e. The van der Waals surface area contributed by atoms with Gasteiger partial charge >= 0.3 is 0 Å². The Hall–Kier alpha value is -1.13. The van der Waals surface area contributed by atoms with Crippen molar-refractivity contribution < 1.29 is 5.11 Å². The number of phenols is 1. The molecule has 0 bridgehead atoms. The van der Waals surface area contributed by atoms with Crippen molar-refractivity contribution in [2.24, 2.45) is 0 Å². The lowest BCUT2D eigenvalue weighted by Gasteiger charge is -2.10. The number of phenolic OH excluding ortho intramolecular Hbond substituents is 1. The fourth-order valence-electron chi connectivity index (χ4n) is 1.65. The second-order valence-electron chi connectivity index (χ2n) is 3.84. The number of thioether (sulfide) groups is 1. The normalized spacial score (nSPS) is 10.3. The second kappa shape index (κ2) is 6.16. The highest BCUT2D eigenvalue weighted by Gasteiger charge is 2.02. The van der Waals surface area contributed by atoms with Crippen LogP contribution in [0, 0.1) is 0 Å². The molecule has 4 heteroatoms. The Morgan fingerprint density at radius 1 is 1.22 bits per heavy atom.